The average Bonchev–Trinajstić information content (AvgIpc) is 2.53. The molecule has 0 atom stereocenters. The number of rotatable bonds is 5. The van der Waals surface area contributed by atoms with E-state index in [1.54, 1.807) is 13.4 Å². The van der Waals surface area contributed by atoms with Crippen LogP contribution >= 0.6 is 0 Å². The minimum atomic E-state index is 0.511. The maximum Gasteiger partial charge on any atom is 0.0949 e. The van der Waals surface area contributed by atoms with Crippen molar-refractivity contribution >= 4 is 0 Å². The van der Waals surface area contributed by atoms with Gasteiger partial charge in [0, 0.05) is 33.0 Å². The fraction of sp³-hybridized carbons (Fsp3) is 0.625. The van der Waals surface area contributed by atoms with Crippen LogP contribution in [0.4, 0.5) is 0 Å². The summed E-state index contributed by atoms with van der Waals surface area (Å²) < 4.78 is 6.97. The van der Waals surface area contributed by atoms with E-state index in [0.29, 0.717) is 6.54 Å². The second-order valence-electron chi connectivity index (χ2n) is 2.65. The highest BCUT2D eigenvalue weighted by Gasteiger charge is 1.94. The topological polar surface area (TPSA) is 53.1 Å². The van der Waals surface area contributed by atoms with E-state index >= 15 is 0 Å². The van der Waals surface area contributed by atoms with Crippen LogP contribution in [0.25, 0.3) is 0 Å². The number of methoxy groups -OCH3 is 1. The Balaban J connectivity index is 2.31. The largest absolute Gasteiger partial charge is 0.385 e. The van der Waals surface area contributed by atoms with Crippen LogP contribution in [0.3, 0.4) is 0 Å². The molecule has 4 heteroatoms. The first-order valence-electron chi connectivity index (χ1n) is 4.06. The van der Waals surface area contributed by atoms with Gasteiger partial charge in [0.25, 0.3) is 0 Å². The number of hydrogen-bond donors (Lipinski definition) is 1. The zero-order valence-corrected chi connectivity index (χ0v) is 7.36. The number of hydrogen-bond acceptors (Lipinski definition) is 3. The van der Waals surface area contributed by atoms with Crippen molar-refractivity contribution in [1.29, 1.82) is 0 Å². The molecule has 0 fully saturated rings. The molecule has 1 aromatic heterocycles. The fourth-order valence-electron chi connectivity index (χ4n) is 1.03. The van der Waals surface area contributed by atoms with Crippen LogP contribution in [0.15, 0.2) is 12.5 Å². The summed E-state index contributed by atoms with van der Waals surface area (Å²) >= 11 is 0. The normalized spacial score (nSPS) is 10.5. The monoisotopic (exact) mass is 169 g/mol. The molecule has 0 bridgehead atoms. The summed E-state index contributed by atoms with van der Waals surface area (Å²) in [4.78, 5) is 4.11. The molecule has 2 N–H and O–H groups in total. The highest BCUT2D eigenvalue weighted by atomic mass is 16.5. The van der Waals surface area contributed by atoms with Crippen molar-refractivity contribution in [3.63, 3.8) is 0 Å². The molecule has 0 aliphatic rings. The van der Waals surface area contributed by atoms with Gasteiger partial charge in [-0.1, -0.05) is 0 Å². The molecule has 4 nitrogen and oxygen atoms in total. The van der Waals surface area contributed by atoms with Crippen LogP contribution in [0.2, 0.25) is 0 Å². The molecule has 1 rings (SSSR count). The lowest BCUT2D eigenvalue weighted by atomic mass is 10.4. The summed E-state index contributed by atoms with van der Waals surface area (Å²) in [6.45, 7) is 2.24. The number of aromatic nitrogens is 2. The Morgan fingerprint density at radius 3 is 3.08 bits per heavy atom. The van der Waals surface area contributed by atoms with E-state index in [0.717, 1.165) is 25.3 Å². The molecule has 0 aliphatic heterocycles. The summed E-state index contributed by atoms with van der Waals surface area (Å²) in [7, 11) is 1.71. The highest BCUT2D eigenvalue weighted by molar-refractivity contribution is 4.95. The van der Waals surface area contributed by atoms with E-state index in [4.69, 9.17) is 10.5 Å². The lowest BCUT2D eigenvalue weighted by Gasteiger charge is -1.99. The van der Waals surface area contributed by atoms with Gasteiger partial charge in [-0.2, -0.15) is 0 Å². The Morgan fingerprint density at radius 2 is 2.50 bits per heavy atom. The second-order valence-corrected chi connectivity index (χ2v) is 2.65. The van der Waals surface area contributed by atoms with Crippen molar-refractivity contribution in [1.82, 2.24) is 9.55 Å². The van der Waals surface area contributed by atoms with Gasteiger partial charge in [0.2, 0.25) is 0 Å². The molecule has 0 spiro atoms. The molecule has 0 radical (unpaired) electrons. The molecule has 0 aliphatic carbocycles. The van der Waals surface area contributed by atoms with Crippen molar-refractivity contribution in [2.24, 2.45) is 5.73 Å². The second kappa shape index (κ2) is 4.90. The standard InChI is InChI=1S/C8H15N3O/c1-12-4-2-3-11-6-8(5-9)10-7-11/h6-7H,2-5,9H2,1H3. The molecule has 68 valence electrons. The van der Waals surface area contributed by atoms with E-state index < -0.39 is 0 Å². The molecule has 1 heterocycles. The Hall–Kier alpha value is -0.870. The summed E-state index contributed by atoms with van der Waals surface area (Å²) in [5.41, 5.74) is 6.35. The number of nitrogens with two attached hydrogens (primary N) is 1. The lowest BCUT2D eigenvalue weighted by Crippen LogP contribution is -1.99. The molecular formula is C8H15N3O. The molecule has 0 unspecified atom stereocenters. The smallest absolute Gasteiger partial charge is 0.0949 e. The van der Waals surface area contributed by atoms with Gasteiger partial charge in [-0.25, -0.2) is 4.98 Å². The van der Waals surface area contributed by atoms with Crippen LogP contribution in [0.1, 0.15) is 12.1 Å². The molecule has 0 saturated heterocycles. The fourth-order valence-corrected chi connectivity index (χ4v) is 1.03. The van der Waals surface area contributed by atoms with Crippen molar-refractivity contribution in [2.75, 3.05) is 13.7 Å². The number of nitrogens with zero attached hydrogens (tertiary/aromatic N) is 2. The Labute approximate surface area is 72.3 Å². The van der Waals surface area contributed by atoms with E-state index in [9.17, 15) is 0 Å². The van der Waals surface area contributed by atoms with Crippen LogP contribution in [-0.2, 0) is 17.8 Å². The third kappa shape index (κ3) is 2.64. The quantitative estimate of drug-likeness (QED) is 0.648. The maximum atomic E-state index is 5.42. The van der Waals surface area contributed by atoms with E-state index in [-0.39, 0.29) is 0 Å². The molecule has 0 saturated carbocycles. The van der Waals surface area contributed by atoms with Gasteiger partial charge < -0.3 is 15.0 Å². The van der Waals surface area contributed by atoms with Gasteiger partial charge in [0.05, 0.1) is 12.0 Å². The summed E-state index contributed by atoms with van der Waals surface area (Å²) in [6.07, 6.45) is 4.78. The third-order valence-corrected chi connectivity index (χ3v) is 1.66. The van der Waals surface area contributed by atoms with Crippen molar-refractivity contribution in [2.45, 2.75) is 19.5 Å². The minimum Gasteiger partial charge on any atom is -0.385 e. The van der Waals surface area contributed by atoms with Crippen LogP contribution in [0.5, 0.6) is 0 Å². The Kier molecular flexibility index (Phi) is 3.76. The number of aryl methyl sites for hydroxylation is 1. The zero-order valence-electron chi connectivity index (χ0n) is 7.36. The highest BCUT2D eigenvalue weighted by Crippen LogP contribution is 1.96. The predicted octanol–water partition coefficient (Wildman–Crippen LogP) is 0.378. The van der Waals surface area contributed by atoms with Gasteiger partial charge in [0.1, 0.15) is 0 Å². The van der Waals surface area contributed by atoms with Crippen LogP contribution in [-0.4, -0.2) is 23.3 Å². The zero-order chi connectivity index (χ0) is 8.81. The molecule has 0 aromatic carbocycles. The SMILES string of the molecule is COCCCn1cnc(CN)c1. The average molecular weight is 169 g/mol. The molecule has 1 aromatic rings. The van der Waals surface area contributed by atoms with Gasteiger partial charge in [0.15, 0.2) is 0 Å². The first kappa shape index (κ1) is 9.22. The van der Waals surface area contributed by atoms with E-state index in [2.05, 4.69) is 4.98 Å². The van der Waals surface area contributed by atoms with Gasteiger partial charge in [-0.05, 0) is 6.42 Å². The van der Waals surface area contributed by atoms with Crippen molar-refractivity contribution < 1.29 is 4.74 Å². The van der Waals surface area contributed by atoms with Crippen molar-refractivity contribution in [3.8, 4) is 0 Å². The van der Waals surface area contributed by atoms with Gasteiger partial charge >= 0.3 is 0 Å². The Bertz CT molecular complexity index is 222. The first-order chi connectivity index (χ1) is 5.86. The first-order valence-corrected chi connectivity index (χ1v) is 4.06. The summed E-state index contributed by atoms with van der Waals surface area (Å²) in [5.74, 6) is 0. The van der Waals surface area contributed by atoms with Gasteiger partial charge in [-0.3, -0.25) is 0 Å². The molecular weight excluding hydrogens is 154 g/mol. The predicted molar refractivity (Wildman–Crippen MR) is 46.6 cm³/mol. The third-order valence-electron chi connectivity index (χ3n) is 1.66. The van der Waals surface area contributed by atoms with E-state index in [1.165, 1.54) is 0 Å². The summed E-state index contributed by atoms with van der Waals surface area (Å²) in [5, 5.41) is 0. The number of ether oxygens (including phenoxy) is 1. The minimum absolute atomic E-state index is 0.511. The Morgan fingerprint density at radius 1 is 1.67 bits per heavy atom. The molecule has 0 amide bonds. The summed E-state index contributed by atoms with van der Waals surface area (Å²) in [6, 6.07) is 0. The lowest BCUT2D eigenvalue weighted by molar-refractivity contribution is 0.190. The van der Waals surface area contributed by atoms with Gasteiger partial charge in [-0.15, -0.1) is 0 Å². The van der Waals surface area contributed by atoms with Crippen LogP contribution < -0.4 is 5.73 Å². The molecule has 12 heavy (non-hydrogen) atoms. The van der Waals surface area contributed by atoms with Crippen molar-refractivity contribution in [3.05, 3.63) is 18.2 Å². The maximum absolute atomic E-state index is 5.42. The van der Waals surface area contributed by atoms with E-state index in [1.807, 2.05) is 10.8 Å². The van der Waals surface area contributed by atoms with Crippen LogP contribution in [0, 0.1) is 0 Å². The number of imidazole rings is 1.